The lowest BCUT2D eigenvalue weighted by Crippen LogP contribution is -2.04. The van der Waals surface area contributed by atoms with Gasteiger partial charge in [-0.3, -0.25) is 0 Å². The monoisotopic (exact) mass is 752 g/mol. The van der Waals surface area contributed by atoms with Crippen LogP contribution in [-0.2, 0) is 0 Å². The highest BCUT2D eigenvalue weighted by molar-refractivity contribution is 6.24. The Kier molecular flexibility index (Phi) is 9.79. The third-order valence-corrected chi connectivity index (χ3v) is 13.4. The molecule has 2 fully saturated rings. The molecule has 8 aromatic carbocycles. The molecule has 2 nitrogen and oxygen atoms in total. The number of hydrogen-bond acceptors (Lipinski definition) is 2. The molecule has 2 aliphatic rings. The molecule has 0 spiro atoms. The number of hydrogen-bond donors (Lipinski definition) is 2. The third-order valence-electron chi connectivity index (χ3n) is 13.4. The number of fused-ring (bicyclic) bond motifs is 2. The van der Waals surface area contributed by atoms with Gasteiger partial charge in [-0.05, 0) is 129 Å². The van der Waals surface area contributed by atoms with Crippen molar-refractivity contribution in [1.29, 1.82) is 0 Å². The molecule has 0 aliphatic heterocycles. The highest BCUT2D eigenvalue weighted by Crippen LogP contribution is 2.48. The van der Waals surface area contributed by atoms with Gasteiger partial charge in [0, 0.05) is 32.9 Å². The average molecular weight is 753 g/mol. The molecule has 0 aromatic heterocycles. The second-order valence-corrected chi connectivity index (χ2v) is 16.9. The zero-order chi connectivity index (χ0) is 39.0. The van der Waals surface area contributed by atoms with Gasteiger partial charge >= 0.3 is 0 Å². The van der Waals surface area contributed by atoms with E-state index in [2.05, 4.69) is 158 Å². The van der Waals surface area contributed by atoms with Crippen LogP contribution in [0.15, 0.2) is 158 Å². The Morgan fingerprint density at radius 3 is 1.34 bits per heavy atom. The maximum Gasteiger partial charge on any atom is 0.0481 e. The number of nitrogens with two attached hydrogens (primary N) is 2. The molecule has 0 unspecified atom stereocenters. The van der Waals surface area contributed by atoms with Gasteiger partial charge in [0.25, 0.3) is 0 Å². The van der Waals surface area contributed by atoms with Crippen LogP contribution in [0, 0.1) is 0 Å². The molecule has 2 heteroatoms. The molecule has 0 heterocycles. The predicted octanol–water partition coefficient (Wildman–Crippen LogP) is 15.6. The van der Waals surface area contributed by atoms with Crippen molar-refractivity contribution < 1.29 is 0 Å². The lowest BCUT2D eigenvalue weighted by atomic mass is 9.82. The third kappa shape index (κ3) is 6.85. The van der Waals surface area contributed by atoms with Crippen molar-refractivity contribution in [3.8, 4) is 55.6 Å². The van der Waals surface area contributed by atoms with Crippen LogP contribution in [0.2, 0.25) is 0 Å². The van der Waals surface area contributed by atoms with E-state index in [0.717, 1.165) is 66.3 Å². The summed E-state index contributed by atoms with van der Waals surface area (Å²) in [7, 11) is 0. The topological polar surface area (TPSA) is 52.0 Å². The van der Waals surface area contributed by atoms with E-state index in [-0.39, 0.29) is 0 Å². The Morgan fingerprint density at radius 2 is 0.793 bits per heavy atom. The fourth-order valence-corrected chi connectivity index (χ4v) is 10.2. The minimum Gasteiger partial charge on any atom is -0.398 e. The van der Waals surface area contributed by atoms with Gasteiger partial charge in [0.05, 0.1) is 0 Å². The Balaban J connectivity index is 1.19. The van der Waals surface area contributed by atoms with Crippen LogP contribution in [-0.4, -0.2) is 0 Å². The summed E-state index contributed by atoms with van der Waals surface area (Å²) in [5, 5.41) is 3.94. The van der Waals surface area contributed by atoms with Gasteiger partial charge in [-0.1, -0.05) is 172 Å². The van der Waals surface area contributed by atoms with Crippen molar-refractivity contribution in [2.75, 3.05) is 11.5 Å². The molecule has 4 N–H and O–H groups in total. The fourth-order valence-electron chi connectivity index (χ4n) is 10.2. The van der Waals surface area contributed by atoms with Crippen LogP contribution in [0.25, 0.3) is 77.2 Å². The second kappa shape index (κ2) is 15.7. The number of nitrogen functional groups attached to an aromatic ring is 2. The van der Waals surface area contributed by atoms with Crippen molar-refractivity contribution in [3.63, 3.8) is 0 Å². The van der Waals surface area contributed by atoms with Gasteiger partial charge in [0.15, 0.2) is 0 Å². The van der Waals surface area contributed by atoms with E-state index in [4.69, 9.17) is 11.5 Å². The van der Waals surface area contributed by atoms with Gasteiger partial charge in [-0.2, -0.15) is 0 Å². The SMILES string of the molecule is Nc1c2cc(-c3ccccc3)ccc2c(N)c2c(-c3cc(-c4ccc(C5CCCCC5)cc4)cc(-c4ccc(C5CCCCC5)cc4)c3)c(-c3ccccc3)ccc12. The zero-order valence-electron chi connectivity index (χ0n) is 33.4. The quantitative estimate of drug-likeness (QED) is 0.0967. The van der Waals surface area contributed by atoms with Crippen LogP contribution < -0.4 is 11.5 Å². The van der Waals surface area contributed by atoms with Gasteiger partial charge in [0.1, 0.15) is 0 Å². The summed E-state index contributed by atoms with van der Waals surface area (Å²) < 4.78 is 0. The summed E-state index contributed by atoms with van der Waals surface area (Å²) in [5.74, 6) is 1.34. The summed E-state index contributed by atoms with van der Waals surface area (Å²) in [4.78, 5) is 0. The summed E-state index contributed by atoms with van der Waals surface area (Å²) in [6.07, 6.45) is 13.3. The van der Waals surface area contributed by atoms with Crippen LogP contribution in [0.5, 0.6) is 0 Å². The van der Waals surface area contributed by atoms with E-state index >= 15 is 0 Å². The molecule has 0 saturated heterocycles. The zero-order valence-corrected chi connectivity index (χ0v) is 33.4. The van der Waals surface area contributed by atoms with Crippen molar-refractivity contribution >= 4 is 32.9 Å². The summed E-state index contributed by atoms with van der Waals surface area (Å²) in [5.41, 5.74) is 30.8. The van der Waals surface area contributed by atoms with Crippen LogP contribution in [0.3, 0.4) is 0 Å². The molecule has 0 amide bonds. The molecule has 58 heavy (non-hydrogen) atoms. The first kappa shape index (κ1) is 36.2. The minimum atomic E-state index is 0.670. The van der Waals surface area contributed by atoms with Gasteiger partial charge in [-0.25, -0.2) is 0 Å². The molecule has 0 atom stereocenters. The molecule has 10 rings (SSSR count). The summed E-state index contributed by atoms with van der Waals surface area (Å²) in [6.45, 7) is 0. The normalized spacial score (nSPS) is 15.2. The van der Waals surface area contributed by atoms with Crippen LogP contribution in [0.1, 0.15) is 87.2 Å². The number of rotatable bonds is 7. The smallest absolute Gasteiger partial charge is 0.0481 e. The highest BCUT2D eigenvalue weighted by atomic mass is 14.6. The van der Waals surface area contributed by atoms with Crippen molar-refractivity contribution in [2.24, 2.45) is 0 Å². The first-order valence-corrected chi connectivity index (χ1v) is 21.6. The average Bonchev–Trinajstić information content (AvgIpc) is 3.31. The highest BCUT2D eigenvalue weighted by Gasteiger charge is 2.22. The van der Waals surface area contributed by atoms with E-state index in [1.165, 1.54) is 97.6 Å². The van der Waals surface area contributed by atoms with Crippen molar-refractivity contribution in [1.82, 2.24) is 0 Å². The summed E-state index contributed by atoms with van der Waals surface area (Å²) >= 11 is 0. The lowest BCUT2D eigenvalue weighted by molar-refractivity contribution is 0.443. The fraction of sp³-hybridized carbons (Fsp3) is 0.214. The standard InChI is InChI=1S/C56H52N2/c57-55-51-32-31-49(44-19-11-4-12-20-44)53(54(51)56(58)50-30-29-45(36-52(50)55)39-17-9-3-10-18-39)48-34-46(42-25-21-40(22-26-42)37-13-5-1-6-14-37)33-47(35-48)43-27-23-41(24-28-43)38-15-7-2-8-16-38/h3-4,9-12,17-38H,1-2,5-8,13-16,57-58H2. The first-order valence-electron chi connectivity index (χ1n) is 21.6. The number of benzene rings is 8. The molecule has 286 valence electrons. The molecule has 0 bridgehead atoms. The Labute approximate surface area is 343 Å². The maximum absolute atomic E-state index is 7.42. The molecule has 0 radical (unpaired) electrons. The Bertz CT molecular complexity index is 2640. The molecule has 2 aliphatic carbocycles. The Hall–Kier alpha value is -6.12. The lowest BCUT2D eigenvalue weighted by Gasteiger charge is -2.23. The van der Waals surface area contributed by atoms with E-state index in [1.54, 1.807) is 0 Å². The predicted molar refractivity (Wildman–Crippen MR) is 249 cm³/mol. The molecule has 2 saturated carbocycles. The maximum atomic E-state index is 7.42. The Morgan fingerprint density at radius 1 is 0.328 bits per heavy atom. The first-order chi connectivity index (χ1) is 28.6. The van der Waals surface area contributed by atoms with Gasteiger partial charge in [0.2, 0.25) is 0 Å². The van der Waals surface area contributed by atoms with Crippen LogP contribution >= 0.6 is 0 Å². The van der Waals surface area contributed by atoms with Crippen LogP contribution in [0.4, 0.5) is 11.4 Å². The van der Waals surface area contributed by atoms with Crippen molar-refractivity contribution in [3.05, 3.63) is 169 Å². The minimum absolute atomic E-state index is 0.670. The summed E-state index contributed by atoms with van der Waals surface area (Å²) in [6, 6.07) is 58.3. The van der Waals surface area contributed by atoms with E-state index in [1.807, 2.05) is 0 Å². The van der Waals surface area contributed by atoms with E-state index in [9.17, 15) is 0 Å². The van der Waals surface area contributed by atoms with E-state index in [0.29, 0.717) is 11.8 Å². The molecule has 8 aromatic rings. The molecular weight excluding hydrogens is 701 g/mol. The van der Waals surface area contributed by atoms with Gasteiger partial charge < -0.3 is 11.5 Å². The molecular formula is C56H52N2. The number of anilines is 2. The second-order valence-electron chi connectivity index (χ2n) is 16.9. The van der Waals surface area contributed by atoms with Crippen molar-refractivity contribution in [2.45, 2.75) is 76.0 Å². The largest absolute Gasteiger partial charge is 0.398 e. The van der Waals surface area contributed by atoms with E-state index < -0.39 is 0 Å². The van der Waals surface area contributed by atoms with Gasteiger partial charge in [-0.15, -0.1) is 0 Å².